The molecular weight excluding hydrogens is 392 g/mol. The van der Waals surface area contributed by atoms with Gasteiger partial charge in [0.2, 0.25) is 0 Å². The van der Waals surface area contributed by atoms with Gasteiger partial charge in [-0.3, -0.25) is 9.48 Å². The summed E-state index contributed by atoms with van der Waals surface area (Å²) in [5, 5.41) is 7.57. The van der Waals surface area contributed by atoms with E-state index in [-0.39, 0.29) is 5.91 Å². The van der Waals surface area contributed by atoms with Crippen LogP contribution in [0.2, 0.25) is 5.02 Å². The van der Waals surface area contributed by atoms with Crippen molar-refractivity contribution >= 4 is 23.2 Å². The quantitative estimate of drug-likeness (QED) is 0.615. The predicted octanol–water partition coefficient (Wildman–Crippen LogP) is 3.65. The van der Waals surface area contributed by atoms with Crippen LogP contribution in [0.5, 0.6) is 11.5 Å². The topological polar surface area (TPSA) is 91.4 Å². The Kier molecular flexibility index (Phi) is 6.41. The molecule has 2 aromatic carbocycles. The highest BCUT2D eigenvalue weighted by Gasteiger charge is 2.17. The van der Waals surface area contributed by atoms with Crippen molar-refractivity contribution < 1.29 is 14.3 Å². The van der Waals surface area contributed by atoms with Crippen LogP contribution in [-0.4, -0.2) is 35.9 Å². The molecule has 0 aliphatic rings. The Morgan fingerprint density at radius 1 is 1.24 bits per heavy atom. The SMILES string of the molecule is COc1cc(C(=O)Nc2ccc(OCCN)c(-c3c(Cl)cnn3C)c2)ccc1C. The van der Waals surface area contributed by atoms with E-state index in [1.807, 2.05) is 13.0 Å². The highest BCUT2D eigenvalue weighted by atomic mass is 35.5. The Morgan fingerprint density at radius 3 is 2.69 bits per heavy atom. The highest BCUT2D eigenvalue weighted by molar-refractivity contribution is 6.33. The number of aryl methyl sites for hydroxylation is 2. The van der Waals surface area contributed by atoms with Crippen LogP contribution in [0.15, 0.2) is 42.6 Å². The number of methoxy groups -OCH3 is 1. The first-order chi connectivity index (χ1) is 13.9. The minimum Gasteiger partial charge on any atom is -0.496 e. The lowest BCUT2D eigenvalue weighted by molar-refractivity contribution is 0.102. The van der Waals surface area contributed by atoms with Gasteiger partial charge in [-0.1, -0.05) is 17.7 Å². The zero-order valence-electron chi connectivity index (χ0n) is 16.5. The molecule has 0 saturated heterocycles. The van der Waals surface area contributed by atoms with Crippen molar-refractivity contribution in [2.45, 2.75) is 6.92 Å². The van der Waals surface area contributed by atoms with Crippen molar-refractivity contribution in [1.82, 2.24) is 9.78 Å². The largest absolute Gasteiger partial charge is 0.496 e. The summed E-state index contributed by atoms with van der Waals surface area (Å²) in [5.74, 6) is 1.02. The van der Waals surface area contributed by atoms with Gasteiger partial charge in [-0.05, 0) is 42.8 Å². The van der Waals surface area contributed by atoms with Crippen LogP contribution < -0.4 is 20.5 Å². The van der Waals surface area contributed by atoms with Crippen LogP contribution in [0, 0.1) is 6.92 Å². The number of ether oxygens (including phenoxy) is 2. The number of carbonyl (C=O) groups excluding carboxylic acids is 1. The number of nitrogens with zero attached hydrogens (tertiary/aromatic N) is 2. The lowest BCUT2D eigenvalue weighted by Gasteiger charge is -2.14. The van der Waals surface area contributed by atoms with E-state index in [0.29, 0.717) is 52.2 Å². The van der Waals surface area contributed by atoms with Gasteiger partial charge >= 0.3 is 0 Å². The van der Waals surface area contributed by atoms with Crippen LogP contribution in [0.4, 0.5) is 5.69 Å². The van der Waals surface area contributed by atoms with Gasteiger partial charge in [-0.25, -0.2) is 0 Å². The van der Waals surface area contributed by atoms with E-state index in [9.17, 15) is 4.79 Å². The van der Waals surface area contributed by atoms with Crippen LogP contribution in [-0.2, 0) is 7.05 Å². The molecule has 0 atom stereocenters. The molecule has 1 amide bonds. The lowest BCUT2D eigenvalue weighted by atomic mass is 10.1. The number of hydrogen-bond donors (Lipinski definition) is 2. The van der Waals surface area contributed by atoms with Gasteiger partial charge in [-0.15, -0.1) is 0 Å². The number of nitrogens with two attached hydrogens (primary N) is 1. The minimum absolute atomic E-state index is 0.249. The predicted molar refractivity (Wildman–Crippen MR) is 114 cm³/mol. The first-order valence-electron chi connectivity index (χ1n) is 9.05. The first-order valence-corrected chi connectivity index (χ1v) is 9.43. The maximum Gasteiger partial charge on any atom is 0.255 e. The maximum absolute atomic E-state index is 12.7. The van der Waals surface area contributed by atoms with Crippen LogP contribution in [0.1, 0.15) is 15.9 Å². The summed E-state index contributed by atoms with van der Waals surface area (Å²) >= 11 is 6.32. The van der Waals surface area contributed by atoms with Crippen molar-refractivity contribution in [2.24, 2.45) is 12.8 Å². The van der Waals surface area contributed by atoms with Gasteiger partial charge in [0.25, 0.3) is 5.91 Å². The van der Waals surface area contributed by atoms with E-state index >= 15 is 0 Å². The highest BCUT2D eigenvalue weighted by Crippen LogP contribution is 2.36. The normalized spacial score (nSPS) is 10.7. The van der Waals surface area contributed by atoms with Gasteiger partial charge in [0.15, 0.2) is 0 Å². The van der Waals surface area contributed by atoms with Crippen molar-refractivity contribution in [1.29, 1.82) is 0 Å². The molecule has 0 bridgehead atoms. The third-order valence-corrected chi connectivity index (χ3v) is 4.71. The summed E-state index contributed by atoms with van der Waals surface area (Å²) in [4.78, 5) is 12.7. The molecule has 0 saturated carbocycles. The van der Waals surface area contributed by atoms with Crippen LogP contribution in [0.25, 0.3) is 11.3 Å². The second-order valence-electron chi connectivity index (χ2n) is 6.45. The fraction of sp³-hybridized carbons (Fsp3) is 0.238. The number of hydrogen-bond acceptors (Lipinski definition) is 5. The number of amides is 1. The number of nitrogens with one attached hydrogen (secondary N) is 1. The average molecular weight is 415 g/mol. The summed E-state index contributed by atoms with van der Waals surface area (Å²) in [5.41, 5.74) is 9.01. The van der Waals surface area contributed by atoms with Crippen LogP contribution in [0.3, 0.4) is 0 Å². The minimum atomic E-state index is -0.249. The molecule has 3 N–H and O–H groups in total. The second-order valence-corrected chi connectivity index (χ2v) is 6.86. The van der Waals surface area contributed by atoms with Gasteiger partial charge in [0.1, 0.15) is 18.1 Å². The third-order valence-electron chi connectivity index (χ3n) is 4.43. The van der Waals surface area contributed by atoms with Gasteiger partial charge < -0.3 is 20.5 Å². The standard InChI is InChI=1S/C21H23ClN4O3/c1-13-4-5-14(10-19(13)28-3)21(27)25-15-6-7-18(29-9-8-23)16(11-15)20-17(22)12-24-26(20)2/h4-7,10-12H,8-9,23H2,1-3H3,(H,25,27). The summed E-state index contributed by atoms with van der Waals surface area (Å²) < 4.78 is 12.7. The van der Waals surface area contributed by atoms with E-state index in [4.69, 9.17) is 26.8 Å². The smallest absolute Gasteiger partial charge is 0.255 e. The number of benzene rings is 2. The van der Waals surface area contributed by atoms with Crippen molar-refractivity contribution in [3.05, 3.63) is 58.7 Å². The number of aromatic nitrogens is 2. The average Bonchev–Trinajstić information content (AvgIpc) is 3.05. The van der Waals surface area contributed by atoms with E-state index in [1.165, 1.54) is 0 Å². The fourth-order valence-corrected chi connectivity index (χ4v) is 3.23. The molecule has 1 heterocycles. The number of anilines is 1. The Bertz CT molecular complexity index is 1010. The molecule has 152 valence electrons. The van der Waals surface area contributed by atoms with Crippen molar-refractivity contribution in [3.63, 3.8) is 0 Å². The number of halogens is 1. The Morgan fingerprint density at radius 2 is 2.03 bits per heavy atom. The molecule has 7 nitrogen and oxygen atoms in total. The molecule has 0 unspecified atom stereocenters. The molecule has 3 rings (SSSR count). The molecule has 0 aliphatic carbocycles. The van der Waals surface area contributed by atoms with Gasteiger partial charge in [0, 0.05) is 30.4 Å². The van der Waals surface area contributed by atoms with Gasteiger partial charge in [-0.2, -0.15) is 5.10 Å². The Balaban J connectivity index is 1.94. The van der Waals surface area contributed by atoms with E-state index < -0.39 is 0 Å². The molecule has 8 heteroatoms. The molecule has 0 radical (unpaired) electrons. The number of rotatable bonds is 7. The molecule has 3 aromatic rings. The summed E-state index contributed by atoms with van der Waals surface area (Å²) in [6.45, 7) is 2.66. The lowest BCUT2D eigenvalue weighted by Crippen LogP contribution is -2.13. The zero-order valence-corrected chi connectivity index (χ0v) is 17.3. The fourth-order valence-electron chi connectivity index (χ4n) is 2.97. The van der Waals surface area contributed by atoms with E-state index in [0.717, 1.165) is 5.56 Å². The van der Waals surface area contributed by atoms with Crippen LogP contribution >= 0.6 is 11.6 Å². The Labute approximate surface area is 174 Å². The molecular formula is C21H23ClN4O3. The first kappa shape index (κ1) is 20.7. The molecule has 0 fully saturated rings. The van der Waals surface area contributed by atoms with Gasteiger partial charge in [0.05, 0.1) is 24.0 Å². The maximum atomic E-state index is 12.7. The summed E-state index contributed by atoms with van der Waals surface area (Å²) in [6.07, 6.45) is 1.56. The number of carbonyl (C=O) groups is 1. The molecule has 29 heavy (non-hydrogen) atoms. The van der Waals surface area contributed by atoms with Crippen molar-refractivity contribution in [3.8, 4) is 22.8 Å². The van der Waals surface area contributed by atoms with E-state index in [2.05, 4.69) is 10.4 Å². The third kappa shape index (κ3) is 4.52. The molecule has 1 aromatic heterocycles. The second kappa shape index (κ2) is 8.98. The zero-order chi connectivity index (χ0) is 21.0. The molecule has 0 aliphatic heterocycles. The monoisotopic (exact) mass is 414 g/mol. The van der Waals surface area contributed by atoms with Crippen molar-refractivity contribution in [2.75, 3.05) is 25.6 Å². The summed E-state index contributed by atoms with van der Waals surface area (Å²) in [7, 11) is 3.37. The van der Waals surface area contributed by atoms with E-state index in [1.54, 1.807) is 55.4 Å². The summed E-state index contributed by atoms with van der Waals surface area (Å²) in [6, 6.07) is 10.7. The Hall–Kier alpha value is -3.03. The molecule has 0 spiro atoms.